The topological polar surface area (TPSA) is 97.7 Å². The third kappa shape index (κ3) is 16.1. The van der Waals surface area contributed by atoms with Gasteiger partial charge < -0.3 is 0 Å². The fourth-order valence-corrected chi connectivity index (χ4v) is 0.621. The van der Waals surface area contributed by atoms with Crippen LogP contribution in [-0.4, -0.2) is 39.5 Å². The lowest BCUT2D eigenvalue weighted by atomic mass is 10.8. The molecule has 90 valence electrons. The van der Waals surface area contributed by atoms with Gasteiger partial charge >= 0.3 is 0 Å². The maximum atomic E-state index is 10.4. The monoisotopic (exact) mass is 258 g/mol. The first kappa shape index (κ1) is 16.8. The van der Waals surface area contributed by atoms with E-state index < -0.39 is 20.2 Å². The molecule has 0 saturated carbocycles. The highest BCUT2D eigenvalue weighted by Crippen LogP contribution is 1.89. The molecule has 0 amide bonds. The Morgan fingerprint density at radius 3 is 1.80 bits per heavy atom. The molecule has 0 heterocycles. The minimum atomic E-state index is -3.66. The lowest BCUT2D eigenvalue weighted by Gasteiger charge is -1.95. The average Bonchev–Trinajstić information content (AvgIpc) is 2.15. The second-order valence-electron chi connectivity index (χ2n) is 2.18. The molecule has 0 aliphatic heterocycles. The molecule has 0 atom stereocenters. The molecule has 0 aromatic carbocycles. The summed E-state index contributed by atoms with van der Waals surface area (Å²) in [6.07, 6.45) is 4.75. The molecule has 0 rings (SSSR count). The summed E-state index contributed by atoms with van der Waals surface area (Å²) in [5.41, 5.74) is 0. The second-order valence-corrected chi connectivity index (χ2v) is 5.85. The summed E-state index contributed by atoms with van der Waals surface area (Å²) in [6.45, 7) is 2.69. The predicted octanol–water partition coefficient (Wildman–Crippen LogP) is -0.120. The summed E-state index contributed by atoms with van der Waals surface area (Å²) in [5.74, 6) is 1.82. The van der Waals surface area contributed by atoms with E-state index in [0.29, 0.717) is 0 Å². The summed E-state index contributed by atoms with van der Waals surface area (Å²) in [6, 6.07) is 0. The van der Waals surface area contributed by atoms with E-state index in [-0.39, 0.29) is 18.1 Å². The Balaban J connectivity index is 0. The van der Waals surface area contributed by atoms with Crippen LogP contribution in [0.3, 0.4) is 0 Å². The van der Waals surface area contributed by atoms with Crippen LogP contribution in [0, 0.1) is 12.3 Å². The molecule has 1 N–H and O–H groups in total. The molecular formula is C7H14O6S2. The van der Waals surface area contributed by atoms with E-state index in [2.05, 4.69) is 10.1 Å². The Hall–Kier alpha value is -0.620. The second kappa shape index (κ2) is 7.64. The van der Waals surface area contributed by atoms with Crippen LogP contribution in [-0.2, 0) is 24.4 Å². The van der Waals surface area contributed by atoms with Crippen LogP contribution in [0.15, 0.2) is 0 Å². The van der Waals surface area contributed by atoms with Gasteiger partial charge in [-0.25, -0.2) is 0 Å². The van der Waals surface area contributed by atoms with Gasteiger partial charge in [0.05, 0.1) is 11.5 Å². The predicted molar refractivity (Wildman–Crippen MR) is 56.3 cm³/mol. The largest absolute Gasteiger partial charge is 0.286 e. The van der Waals surface area contributed by atoms with Crippen LogP contribution < -0.4 is 0 Å². The third-order valence-electron chi connectivity index (χ3n) is 1.04. The Morgan fingerprint density at radius 1 is 1.20 bits per heavy atom. The van der Waals surface area contributed by atoms with E-state index in [1.807, 2.05) is 0 Å². The lowest BCUT2D eigenvalue weighted by molar-refractivity contribution is 0.364. The maximum Gasteiger partial charge on any atom is 0.267 e. The molecule has 0 aromatic heterocycles. The Kier molecular flexibility index (Phi) is 8.56. The highest BCUT2D eigenvalue weighted by Gasteiger charge is 2.03. The van der Waals surface area contributed by atoms with Crippen LogP contribution in [0.1, 0.15) is 13.8 Å². The Bertz CT molecular complexity index is 386. The maximum absolute atomic E-state index is 10.4. The van der Waals surface area contributed by atoms with Gasteiger partial charge in [-0.15, -0.1) is 6.42 Å². The van der Waals surface area contributed by atoms with E-state index >= 15 is 0 Å². The summed E-state index contributed by atoms with van der Waals surface area (Å²) in [4.78, 5) is 0. The first-order chi connectivity index (χ1) is 6.68. The zero-order valence-corrected chi connectivity index (χ0v) is 10.1. The Morgan fingerprint density at radius 2 is 1.60 bits per heavy atom. The quantitative estimate of drug-likeness (QED) is 0.429. The van der Waals surface area contributed by atoms with E-state index in [0.717, 1.165) is 0 Å². The van der Waals surface area contributed by atoms with Crippen molar-refractivity contribution in [3.8, 4) is 12.3 Å². The van der Waals surface area contributed by atoms with E-state index in [9.17, 15) is 16.8 Å². The van der Waals surface area contributed by atoms with Crippen molar-refractivity contribution in [2.24, 2.45) is 0 Å². The summed E-state index contributed by atoms with van der Waals surface area (Å²) >= 11 is 0. The average molecular weight is 258 g/mol. The summed E-state index contributed by atoms with van der Waals surface area (Å²) in [7, 11) is -6.99. The smallest absolute Gasteiger partial charge is 0.267 e. The van der Waals surface area contributed by atoms with Gasteiger partial charge in [-0.2, -0.15) is 16.8 Å². The van der Waals surface area contributed by atoms with Crippen LogP contribution in [0.4, 0.5) is 0 Å². The van der Waals surface area contributed by atoms with Crippen molar-refractivity contribution < 1.29 is 25.6 Å². The van der Waals surface area contributed by atoms with Crippen molar-refractivity contribution in [2.45, 2.75) is 13.8 Å². The molecular weight excluding hydrogens is 244 g/mol. The first-order valence-corrected chi connectivity index (χ1v) is 7.12. The van der Waals surface area contributed by atoms with Gasteiger partial charge in [0.1, 0.15) is 6.61 Å². The fraction of sp³-hybridized carbons (Fsp3) is 0.714. The highest BCUT2D eigenvalue weighted by molar-refractivity contribution is 7.86. The van der Waals surface area contributed by atoms with Crippen LogP contribution >= 0.6 is 0 Å². The molecule has 0 aliphatic rings. The molecule has 0 bridgehead atoms. The standard InChI is InChI=1S/C5H8O3S.C2H6O3S/c1-3-5-8-9(6,7)4-2;1-2-6(3,4)5/h1H,4-5H2,2H3;2H2,1H3,(H,3,4,5). The molecule has 0 radical (unpaired) electrons. The van der Waals surface area contributed by atoms with Crippen molar-refractivity contribution in [3.63, 3.8) is 0 Å². The SMILES string of the molecule is C#CCOS(=O)(=O)CC.CCS(=O)(=O)O. The molecule has 0 spiro atoms. The number of terminal acetylenes is 1. The molecule has 0 saturated heterocycles. The van der Waals surface area contributed by atoms with Crippen LogP contribution in [0.5, 0.6) is 0 Å². The van der Waals surface area contributed by atoms with Gasteiger partial charge in [0.15, 0.2) is 0 Å². The minimum Gasteiger partial charge on any atom is -0.286 e. The molecule has 15 heavy (non-hydrogen) atoms. The van der Waals surface area contributed by atoms with Crippen molar-refractivity contribution >= 4 is 20.2 Å². The zero-order chi connectivity index (χ0) is 12.5. The summed E-state index contributed by atoms with van der Waals surface area (Å²) in [5, 5.41) is 0. The highest BCUT2D eigenvalue weighted by atomic mass is 32.2. The van der Waals surface area contributed by atoms with E-state index in [1.165, 1.54) is 13.8 Å². The van der Waals surface area contributed by atoms with Crippen molar-refractivity contribution in [2.75, 3.05) is 18.1 Å². The van der Waals surface area contributed by atoms with Gasteiger partial charge in [0.25, 0.3) is 20.2 Å². The van der Waals surface area contributed by atoms with Crippen molar-refractivity contribution in [3.05, 3.63) is 0 Å². The van der Waals surface area contributed by atoms with Crippen LogP contribution in [0.25, 0.3) is 0 Å². The zero-order valence-electron chi connectivity index (χ0n) is 8.50. The van der Waals surface area contributed by atoms with Crippen LogP contribution in [0.2, 0.25) is 0 Å². The fourth-order valence-electron chi connectivity index (χ4n) is 0.207. The van der Waals surface area contributed by atoms with Crippen molar-refractivity contribution in [1.29, 1.82) is 0 Å². The normalized spacial score (nSPS) is 11.1. The van der Waals surface area contributed by atoms with Gasteiger partial charge in [0.2, 0.25) is 0 Å². The molecule has 0 aromatic rings. The molecule has 0 fully saturated rings. The third-order valence-corrected chi connectivity index (χ3v) is 2.95. The lowest BCUT2D eigenvalue weighted by Crippen LogP contribution is -2.07. The van der Waals surface area contributed by atoms with Crippen molar-refractivity contribution in [1.82, 2.24) is 0 Å². The summed E-state index contributed by atoms with van der Waals surface area (Å²) < 4.78 is 52.1. The number of rotatable bonds is 4. The number of hydrogen-bond acceptors (Lipinski definition) is 5. The molecule has 0 aliphatic carbocycles. The van der Waals surface area contributed by atoms with Gasteiger partial charge in [-0.3, -0.25) is 8.74 Å². The van der Waals surface area contributed by atoms with Gasteiger partial charge in [0, 0.05) is 0 Å². The van der Waals surface area contributed by atoms with Gasteiger partial charge in [-0.1, -0.05) is 5.92 Å². The van der Waals surface area contributed by atoms with E-state index in [4.69, 9.17) is 11.0 Å². The Labute approximate surface area is 90.5 Å². The first-order valence-electron chi connectivity index (χ1n) is 3.94. The molecule has 0 unspecified atom stereocenters. The molecule has 6 nitrogen and oxygen atoms in total. The van der Waals surface area contributed by atoms with E-state index in [1.54, 1.807) is 0 Å². The molecule has 8 heteroatoms. The number of hydrogen-bond donors (Lipinski definition) is 1. The minimum absolute atomic E-state index is 0.0331. The van der Waals surface area contributed by atoms with Gasteiger partial charge in [-0.05, 0) is 13.8 Å².